The van der Waals surface area contributed by atoms with Crippen molar-refractivity contribution in [2.75, 3.05) is 5.73 Å². The molecule has 274 valence electrons. The largest absolute Gasteiger partial charge is 0.397 e. The third-order valence-corrected chi connectivity index (χ3v) is 10.4. The Labute approximate surface area is 334 Å². The van der Waals surface area contributed by atoms with Crippen molar-refractivity contribution in [3.05, 3.63) is 163 Å². The average Bonchev–Trinajstić information content (AvgIpc) is 3.93. The third-order valence-electron chi connectivity index (χ3n) is 9.79. The molecule has 0 aliphatic heterocycles. The van der Waals surface area contributed by atoms with Crippen LogP contribution in [0.4, 0.5) is 5.69 Å². The van der Waals surface area contributed by atoms with Gasteiger partial charge in [0.1, 0.15) is 10.1 Å². The summed E-state index contributed by atoms with van der Waals surface area (Å²) in [6.07, 6.45) is 18.1. The van der Waals surface area contributed by atoms with Crippen molar-refractivity contribution >= 4 is 76.1 Å². The smallest absolute Gasteiger partial charge is 0.112 e. The fourth-order valence-corrected chi connectivity index (χ4v) is 7.26. The molecular weight excluding hydrogens is 774 g/mol. The molecule has 0 fully saturated rings. The number of anilines is 1. The van der Waals surface area contributed by atoms with Gasteiger partial charge in [0.2, 0.25) is 0 Å². The van der Waals surface area contributed by atoms with E-state index in [0.717, 1.165) is 104 Å². The van der Waals surface area contributed by atoms with Gasteiger partial charge in [0.25, 0.3) is 0 Å². The van der Waals surface area contributed by atoms with Gasteiger partial charge in [-0.25, -0.2) is 0 Å². The van der Waals surface area contributed by atoms with Gasteiger partial charge in [-0.2, -0.15) is 10.2 Å². The van der Waals surface area contributed by atoms with Crippen LogP contribution >= 0.6 is 15.9 Å². The van der Waals surface area contributed by atoms with Gasteiger partial charge in [-0.1, -0.05) is 36.4 Å². The van der Waals surface area contributed by atoms with Crippen LogP contribution in [-0.2, 0) is 0 Å². The summed E-state index contributed by atoms with van der Waals surface area (Å²) in [4.78, 5) is 25.7. The van der Waals surface area contributed by atoms with Crippen LogP contribution in [0.2, 0.25) is 0 Å². The lowest BCUT2D eigenvalue weighted by molar-refractivity contribution is 1.09. The zero-order valence-corrected chi connectivity index (χ0v) is 32.1. The summed E-state index contributed by atoms with van der Waals surface area (Å²) in [5, 5.41) is 19.6. The van der Waals surface area contributed by atoms with E-state index in [4.69, 9.17) is 5.73 Å². The molecule has 3 aromatic carbocycles. The summed E-state index contributed by atoms with van der Waals surface area (Å²) in [6.45, 7) is 2.02. The van der Waals surface area contributed by atoms with E-state index >= 15 is 0 Å². The Balaban J connectivity index is 0.000000111. The number of benzene rings is 3. The van der Waals surface area contributed by atoms with E-state index in [9.17, 15) is 0 Å². The van der Waals surface area contributed by atoms with Gasteiger partial charge in [0.05, 0.1) is 52.5 Å². The zero-order chi connectivity index (χ0) is 38.7. The Bertz CT molecular complexity index is 3170. The van der Waals surface area contributed by atoms with Crippen molar-refractivity contribution in [1.82, 2.24) is 50.3 Å². The highest BCUT2D eigenvalue weighted by molar-refractivity contribution is 9.10. The fraction of sp³-hybridized carbons (Fsp3) is 0.0222. The second kappa shape index (κ2) is 15.4. The molecule has 8 aromatic heterocycles. The number of nitrogen functional groups attached to an aromatic ring is 1. The monoisotopic (exact) mass is 805 g/mol. The second-order valence-corrected chi connectivity index (χ2v) is 14.1. The molecule has 0 bridgehead atoms. The first-order valence-corrected chi connectivity index (χ1v) is 18.8. The number of rotatable bonds is 3. The van der Waals surface area contributed by atoms with Crippen LogP contribution in [0.15, 0.2) is 158 Å². The first-order valence-electron chi connectivity index (χ1n) is 18.0. The Morgan fingerprint density at radius 2 is 1.02 bits per heavy atom. The maximum atomic E-state index is 5.90. The number of hydrogen-bond acceptors (Lipinski definition) is 9. The van der Waals surface area contributed by atoms with Gasteiger partial charge in [-0.3, -0.25) is 40.1 Å². The fourth-order valence-electron chi connectivity index (χ4n) is 6.75. The number of hydrogen-bond donors (Lipinski definition) is 3. The summed E-state index contributed by atoms with van der Waals surface area (Å²) in [5.74, 6) is 0. The molecule has 0 saturated carbocycles. The van der Waals surface area contributed by atoms with Crippen molar-refractivity contribution in [2.24, 2.45) is 0 Å². The van der Waals surface area contributed by atoms with Gasteiger partial charge < -0.3 is 5.73 Å². The second-order valence-electron chi connectivity index (χ2n) is 13.3. The zero-order valence-electron chi connectivity index (χ0n) is 30.5. The number of nitrogens with one attached hydrogen (secondary N) is 2. The van der Waals surface area contributed by atoms with Crippen LogP contribution in [0, 0.1) is 6.92 Å². The normalized spacial score (nSPS) is 11.1. The Morgan fingerprint density at radius 3 is 1.61 bits per heavy atom. The van der Waals surface area contributed by atoms with E-state index in [1.54, 1.807) is 31.0 Å². The number of aromatic amines is 2. The van der Waals surface area contributed by atoms with Crippen molar-refractivity contribution in [2.45, 2.75) is 6.92 Å². The standard InChI is InChI=1S/C15H9BrN4.C15H10N4.C15H13N3/c16-15-14-11-6-9(10-2-1-5-17-7-10)3-4-12(11)18-8-13(14)19-20-15;1-2-11(7-16-5-1)10-3-4-14-12(6-10)13-8-18-19-15(13)9-17-14;1-10-13-7-11(12-3-2-6-17-8-12)4-5-15(13)18-9-14(10)16/h1-8H,(H,19,20);1-9H,(H,18,19);2-9H,16H2,1H3. The molecule has 11 nitrogen and oxygen atoms in total. The average molecular weight is 807 g/mol. The number of halogens is 1. The summed E-state index contributed by atoms with van der Waals surface area (Å²) < 4.78 is 0.878. The number of H-pyrrole nitrogens is 2. The van der Waals surface area contributed by atoms with Crippen LogP contribution in [0.3, 0.4) is 0 Å². The highest BCUT2D eigenvalue weighted by Crippen LogP contribution is 2.32. The maximum Gasteiger partial charge on any atom is 0.112 e. The van der Waals surface area contributed by atoms with Gasteiger partial charge in [-0.15, -0.1) is 0 Å². The molecule has 0 aliphatic carbocycles. The summed E-state index contributed by atoms with van der Waals surface area (Å²) in [6, 6.07) is 30.6. The predicted molar refractivity (Wildman–Crippen MR) is 231 cm³/mol. The summed E-state index contributed by atoms with van der Waals surface area (Å²) >= 11 is 3.51. The van der Waals surface area contributed by atoms with Crippen molar-refractivity contribution in [1.29, 1.82) is 0 Å². The van der Waals surface area contributed by atoms with Crippen LogP contribution in [0.5, 0.6) is 0 Å². The quantitative estimate of drug-likeness (QED) is 0.158. The molecule has 0 spiro atoms. The van der Waals surface area contributed by atoms with Crippen LogP contribution in [-0.4, -0.2) is 50.3 Å². The molecule has 0 unspecified atom stereocenters. The number of nitrogens with zero attached hydrogens (tertiary/aromatic N) is 8. The molecule has 0 radical (unpaired) electrons. The number of aryl methyl sites for hydroxylation is 1. The molecule has 0 saturated heterocycles. The van der Waals surface area contributed by atoms with Crippen LogP contribution in [0.1, 0.15) is 5.56 Å². The maximum absolute atomic E-state index is 5.90. The molecule has 11 aromatic rings. The first-order chi connectivity index (χ1) is 28.0. The molecule has 11 rings (SSSR count). The van der Waals surface area contributed by atoms with Gasteiger partial charge >= 0.3 is 0 Å². The number of aromatic nitrogens is 10. The Morgan fingerprint density at radius 1 is 0.491 bits per heavy atom. The Hall–Kier alpha value is -7.44. The Kier molecular flexibility index (Phi) is 9.51. The summed E-state index contributed by atoms with van der Waals surface area (Å²) in [7, 11) is 0. The van der Waals surface area contributed by atoms with E-state index in [1.165, 1.54) is 0 Å². The minimum Gasteiger partial charge on any atom is -0.397 e. The molecule has 8 heterocycles. The van der Waals surface area contributed by atoms with Crippen LogP contribution in [0.25, 0.3) is 87.9 Å². The van der Waals surface area contributed by atoms with Crippen molar-refractivity contribution in [3.63, 3.8) is 0 Å². The minimum absolute atomic E-state index is 0.728. The van der Waals surface area contributed by atoms with Crippen molar-refractivity contribution < 1.29 is 0 Å². The van der Waals surface area contributed by atoms with E-state index in [2.05, 4.69) is 109 Å². The molecular formula is C45H32BrN11. The summed E-state index contributed by atoms with van der Waals surface area (Å²) in [5.41, 5.74) is 19.1. The highest BCUT2D eigenvalue weighted by Gasteiger charge is 2.10. The molecule has 4 N–H and O–H groups in total. The number of pyridine rings is 6. The lowest BCUT2D eigenvalue weighted by Gasteiger charge is -2.07. The van der Waals surface area contributed by atoms with E-state index in [1.807, 2.05) is 86.4 Å². The van der Waals surface area contributed by atoms with Gasteiger partial charge in [0.15, 0.2) is 0 Å². The molecule has 0 atom stereocenters. The molecule has 12 heteroatoms. The topological polar surface area (TPSA) is 161 Å². The van der Waals surface area contributed by atoms with Gasteiger partial charge in [-0.05, 0) is 99.7 Å². The SMILES string of the molecule is Brc1[nH]nc2cnc3ccc(-c4cccnc4)cc3c12.Cc1c(N)cnc2ccc(-c3cccnc3)cc12.c1cncc(-c2ccc3ncc4[nH]ncc4c3c2)c1. The van der Waals surface area contributed by atoms with Gasteiger partial charge in [0, 0.05) is 80.8 Å². The highest BCUT2D eigenvalue weighted by atomic mass is 79.9. The molecule has 0 amide bonds. The van der Waals surface area contributed by atoms with E-state index in [-0.39, 0.29) is 0 Å². The number of fused-ring (bicyclic) bond motifs is 7. The van der Waals surface area contributed by atoms with Crippen molar-refractivity contribution in [3.8, 4) is 33.4 Å². The predicted octanol–water partition coefficient (Wildman–Crippen LogP) is 10.3. The lowest BCUT2D eigenvalue weighted by Crippen LogP contribution is -1.93. The minimum atomic E-state index is 0.728. The lowest BCUT2D eigenvalue weighted by atomic mass is 10.0. The van der Waals surface area contributed by atoms with E-state index < -0.39 is 0 Å². The first kappa shape index (κ1) is 35.3. The molecule has 0 aliphatic rings. The third kappa shape index (κ3) is 7.12. The number of nitrogens with two attached hydrogens (primary N) is 1. The molecule has 57 heavy (non-hydrogen) atoms. The van der Waals surface area contributed by atoms with E-state index in [0.29, 0.717) is 0 Å². The van der Waals surface area contributed by atoms with Crippen LogP contribution < -0.4 is 5.73 Å².